The minimum Gasteiger partial charge on any atom is -0.393 e. The SMILES string of the molecule is CC(C)(O)C=CCC(C)(O)C1C(O)CC2(C)C3CCC4C(C)(C)C(=O)CCC4(C)C3CCC12C. The maximum atomic E-state index is 12.8. The molecule has 4 heteroatoms. The third kappa shape index (κ3) is 3.68. The minimum absolute atomic E-state index is 0.0382. The summed E-state index contributed by atoms with van der Waals surface area (Å²) in [5.41, 5.74) is -2.21. The van der Waals surface area contributed by atoms with Gasteiger partial charge in [-0.15, -0.1) is 0 Å². The number of hydrogen-bond donors (Lipinski definition) is 3. The van der Waals surface area contributed by atoms with Gasteiger partial charge in [-0.25, -0.2) is 0 Å². The Hall–Kier alpha value is -0.710. The Balaban J connectivity index is 1.65. The molecule has 0 aromatic heterocycles. The van der Waals surface area contributed by atoms with E-state index in [0.717, 1.165) is 38.5 Å². The predicted molar refractivity (Wildman–Crippen MR) is 136 cm³/mol. The lowest BCUT2D eigenvalue weighted by atomic mass is 9.38. The summed E-state index contributed by atoms with van der Waals surface area (Å²) >= 11 is 0. The molecule has 0 aromatic carbocycles. The highest BCUT2D eigenvalue weighted by atomic mass is 16.3. The van der Waals surface area contributed by atoms with E-state index in [-0.39, 0.29) is 27.6 Å². The maximum Gasteiger partial charge on any atom is 0.138 e. The normalized spacial score (nSPS) is 48.2. The van der Waals surface area contributed by atoms with Crippen molar-refractivity contribution >= 4 is 5.78 Å². The van der Waals surface area contributed by atoms with E-state index in [1.165, 1.54) is 0 Å². The molecule has 3 N–H and O–H groups in total. The second-order valence-corrected chi connectivity index (χ2v) is 14.7. The first-order valence-corrected chi connectivity index (χ1v) is 13.7. The zero-order valence-electron chi connectivity index (χ0n) is 22.9. The quantitative estimate of drug-likeness (QED) is 0.458. The van der Waals surface area contributed by atoms with Crippen LogP contribution in [0.4, 0.5) is 0 Å². The Labute approximate surface area is 207 Å². The number of rotatable bonds is 4. The summed E-state index contributed by atoms with van der Waals surface area (Å²) in [6.07, 6.45) is 10.3. The first-order valence-electron chi connectivity index (χ1n) is 13.7. The van der Waals surface area contributed by atoms with Crippen LogP contribution < -0.4 is 0 Å². The number of hydrogen-bond acceptors (Lipinski definition) is 4. The van der Waals surface area contributed by atoms with Gasteiger partial charge < -0.3 is 15.3 Å². The van der Waals surface area contributed by atoms with Gasteiger partial charge in [-0.1, -0.05) is 46.8 Å². The lowest BCUT2D eigenvalue weighted by Gasteiger charge is -2.66. The first-order chi connectivity index (χ1) is 15.4. The fourth-order valence-corrected chi connectivity index (χ4v) is 10.2. The molecule has 4 saturated carbocycles. The monoisotopic (exact) mass is 474 g/mol. The van der Waals surface area contributed by atoms with E-state index in [9.17, 15) is 20.1 Å². The Morgan fingerprint density at radius 2 is 1.59 bits per heavy atom. The highest BCUT2D eigenvalue weighted by Gasteiger charge is 2.70. The van der Waals surface area contributed by atoms with Crippen LogP contribution in [0.3, 0.4) is 0 Å². The number of Topliss-reactive ketones (excluding diaryl/α,β-unsaturated/α-hetero) is 1. The molecule has 0 bridgehead atoms. The van der Waals surface area contributed by atoms with Gasteiger partial charge in [0.2, 0.25) is 0 Å². The van der Waals surface area contributed by atoms with Crippen molar-refractivity contribution in [3.8, 4) is 0 Å². The largest absolute Gasteiger partial charge is 0.393 e. The molecule has 9 atom stereocenters. The lowest BCUT2D eigenvalue weighted by Crippen LogP contribution is -2.61. The average molecular weight is 475 g/mol. The van der Waals surface area contributed by atoms with E-state index in [1.807, 2.05) is 13.0 Å². The van der Waals surface area contributed by atoms with Crippen LogP contribution in [-0.4, -0.2) is 38.4 Å². The molecule has 9 unspecified atom stereocenters. The Kier molecular flexibility index (Phi) is 6.12. The lowest BCUT2D eigenvalue weighted by molar-refractivity contribution is -0.192. The van der Waals surface area contributed by atoms with Gasteiger partial charge in [-0.2, -0.15) is 0 Å². The van der Waals surface area contributed by atoms with Crippen molar-refractivity contribution in [3.63, 3.8) is 0 Å². The Bertz CT molecular complexity index is 850. The maximum absolute atomic E-state index is 12.8. The average Bonchev–Trinajstić information content (AvgIpc) is 2.89. The molecule has 0 spiro atoms. The van der Waals surface area contributed by atoms with Crippen LogP contribution in [0.25, 0.3) is 0 Å². The highest BCUT2D eigenvalue weighted by Crippen LogP contribution is 2.74. The third-order valence-electron chi connectivity index (χ3n) is 11.9. The molecular weight excluding hydrogens is 424 g/mol. The summed E-state index contributed by atoms with van der Waals surface area (Å²) in [4.78, 5) is 12.8. The number of carbonyl (C=O) groups is 1. The van der Waals surface area contributed by atoms with E-state index >= 15 is 0 Å². The van der Waals surface area contributed by atoms with Gasteiger partial charge in [0.1, 0.15) is 5.78 Å². The van der Waals surface area contributed by atoms with E-state index < -0.39 is 17.3 Å². The molecule has 34 heavy (non-hydrogen) atoms. The summed E-state index contributed by atoms with van der Waals surface area (Å²) in [6.45, 7) is 16.9. The molecule has 0 amide bonds. The van der Waals surface area contributed by atoms with Gasteiger partial charge in [-0.05, 0) is 99.7 Å². The molecular formula is C30H50O4. The van der Waals surface area contributed by atoms with Gasteiger partial charge in [0.05, 0.1) is 17.3 Å². The summed E-state index contributed by atoms with van der Waals surface area (Å²) in [7, 11) is 0. The molecule has 0 aliphatic heterocycles. The molecule has 0 heterocycles. The van der Waals surface area contributed by atoms with Crippen molar-refractivity contribution < 1.29 is 20.1 Å². The van der Waals surface area contributed by atoms with E-state index in [2.05, 4.69) is 34.6 Å². The van der Waals surface area contributed by atoms with Gasteiger partial charge in [-0.3, -0.25) is 4.79 Å². The van der Waals surface area contributed by atoms with Gasteiger partial charge >= 0.3 is 0 Å². The zero-order valence-corrected chi connectivity index (χ0v) is 22.9. The number of aliphatic hydroxyl groups is 3. The van der Waals surface area contributed by atoms with E-state index in [0.29, 0.717) is 36.4 Å². The molecule has 0 radical (unpaired) electrons. The van der Waals surface area contributed by atoms with Crippen LogP contribution in [0, 0.1) is 45.3 Å². The Morgan fingerprint density at radius 1 is 0.941 bits per heavy atom. The topological polar surface area (TPSA) is 77.8 Å². The van der Waals surface area contributed by atoms with Crippen LogP contribution in [0.2, 0.25) is 0 Å². The summed E-state index contributed by atoms with van der Waals surface area (Å²) in [6, 6.07) is 0. The molecule has 0 saturated heterocycles. The smallest absolute Gasteiger partial charge is 0.138 e. The number of fused-ring (bicyclic) bond motifs is 5. The van der Waals surface area contributed by atoms with Crippen molar-refractivity contribution in [3.05, 3.63) is 12.2 Å². The second kappa shape index (κ2) is 7.89. The van der Waals surface area contributed by atoms with Crippen molar-refractivity contribution in [1.29, 1.82) is 0 Å². The molecule has 0 aromatic rings. The van der Waals surface area contributed by atoms with Gasteiger partial charge in [0, 0.05) is 17.8 Å². The van der Waals surface area contributed by atoms with Crippen molar-refractivity contribution in [1.82, 2.24) is 0 Å². The molecule has 4 fully saturated rings. The molecule has 4 nitrogen and oxygen atoms in total. The van der Waals surface area contributed by atoms with Crippen LogP contribution in [0.1, 0.15) is 107 Å². The van der Waals surface area contributed by atoms with E-state index in [4.69, 9.17) is 0 Å². The van der Waals surface area contributed by atoms with Crippen LogP contribution in [-0.2, 0) is 4.79 Å². The molecule has 194 valence electrons. The summed E-state index contributed by atoms with van der Waals surface area (Å²) < 4.78 is 0. The Morgan fingerprint density at radius 3 is 2.21 bits per heavy atom. The predicted octanol–water partition coefficient (Wildman–Crippen LogP) is 5.68. The number of ketones is 1. The van der Waals surface area contributed by atoms with Crippen LogP contribution >= 0.6 is 0 Å². The number of carbonyl (C=O) groups excluding carboxylic acids is 1. The first kappa shape index (κ1) is 26.4. The van der Waals surface area contributed by atoms with Gasteiger partial charge in [0.25, 0.3) is 0 Å². The van der Waals surface area contributed by atoms with Crippen molar-refractivity contribution in [2.24, 2.45) is 45.3 Å². The minimum atomic E-state index is -1.04. The van der Waals surface area contributed by atoms with Crippen LogP contribution in [0.15, 0.2) is 12.2 Å². The zero-order chi connectivity index (χ0) is 25.5. The fourth-order valence-electron chi connectivity index (χ4n) is 10.2. The molecule has 4 rings (SSSR count). The molecule has 4 aliphatic rings. The van der Waals surface area contributed by atoms with Gasteiger partial charge in [0.15, 0.2) is 0 Å². The van der Waals surface area contributed by atoms with Crippen molar-refractivity contribution in [2.75, 3.05) is 0 Å². The summed E-state index contributed by atoms with van der Waals surface area (Å²) in [5.74, 6) is 1.76. The standard InChI is InChI=1S/C30H50O4/c1-25(2,33)14-9-15-30(8,34)24-21(31)18-29(7)20-10-11-22-26(3,4)23(32)13-16-27(22,5)19(20)12-17-28(24,29)6/h9,14,19-22,24,31,33-34H,10-13,15-18H2,1-8H3. The molecule has 4 aliphatic carbocycles. The van der Waals surface area contributed by atoms with Crippen molar-refractivity contribution in [2.45, 2.75) is 124 Å². The third-order valence-corrected chi connectivity index (χ3v) is 11.9. The van der Waals surface area contributed by atoms with E-state index in [1.54, 1.807) is 19.9 Å². The second-order valence-electron chi connectivity index (χ2n) is 14.7. The number of aliphatic hydroxyl groups excluding tert-OH is 1. The fraction of sp³-hybridized carbons (Fsp3) is 0.900. The summed E-state index contributed by atoms with van der Waals surface area (Å²) in [5, 5.41) is 33.2. The van der Waals surface area contributed by atoms with Crippen LogP contribution in [0.5, 0.6) is 0 Å². The highest BCUT2D eigenvalue weighted by molar-refractivity contribution is 5.85.